The second kappa shape index (κ2) is 2.98. The molecule has 0 unspecified atom stereocenters. The molecule has 0 saturated carbocycles. The smallest absolute Gasteiger partial charge is 0.299 e. The number of carbonyl (C=O) groups is 1. The van der Waals surface area contributed by atoms with Crippen LogP contribution in [-0.2, 0) is 6.42 Å². The van der Waals surface area contributed by atoms with Crippen molar-refractivity contribution in [2.24, 2.45) is 0 Å². The van der Waals surface area contributed by atoms with E-state index < -0.39 is 5.56 Å². The van der Waals surface area contributed by atoms with Gasteiger partial charge in [-0.15, -0.1) is 0 Å². The van der Waals surface area contributed by atoms with E-state index in [0.717, 1.165) is 23.1 Å². The lowest BCUT2D eigenvalue weighted by Crippen LogP contribution is -2.15. The van der Waals surface area contributed by atoms with E-state index in [1.165, 1.54) is 0 Å². The summed E-state index contributed by atoms with van der Waals surface area (Å²) in [6.07, 6.45) is 1.69. The molecule has 3 rings (SSSR count). The van der Waals surface area contributed by atoms with Gasteiger partial charge in [0.15, 0.2) is 5.58 Å². The lowest BCUT2D eigenvalue weighted by Gasteiger charge is -2.07. The standard InChI is InChI=1S/C11H8ClNO3/c1-2-3-5-4-6-7-9(8(5)12)16-13(10(6)14)11(7)15/h4H,2-3H2,1H3. The zero-order valence-corrected chi connectivity index (χ0v) is 9.30. The van der Waals surface area contributed by atoms with Gasteiger partial charge in [-0.05, 0) is 18.1 Å². The van der Waals surface area contributed by atoms with Crippen molar-refractivity contribution >= 4 is 28.5 Å². The number of carbonyl (C=O) groups excluding carboxylic acids is 1. The molecule has 2 heterocycles. The molecule has 0 radical (unpaired) electrons. The third-order valence-corrected chi connectivity index (χ3v) is 3.23. The summed E-state index contributed by atoms with van der Waals surface area (Å²) >= 11 is 6.12. The molecule has 4 nitrogen and oxygen atoms in total. The minimum absolute atomic E-state index is 0.315. The Morgan fingerprint density at radius 2 is 2.19 bits per heavy atom. The minimum Gasteiger partial charge on any atom is -0.366 e. The minimum atomic E-state index is -0.403. The van der Waals surface area contributed by atoms with Crippen molar-refractivity contribution in [1.29, 1.82) is 0 Å². The SMILES string of the molecule is CCCc1cc2c3c(=O)n(oc3c1Cl)C2=O. The van der Waals surface area contributed by atoms with Crippen molar-refractivity contribution in [3.8, 4) is 0 Å². The average molecular weight is 238 g/mol. The van der Waals surface area contributed by atoms with Crippen LogP contribution in [0.1, 0.15) is 29.3 Å². The van der Waals surface area contributed by atoms with Crippen molar-refractivity contribution in [2.75, 3.05) is 0 Å². The summed E-state index contributed by atoms with van der Waals surface area (Å²) in [6, 6.07) is 1.70. The predicted octanol–water partition coefficient (Wildman–Crippen LogP) is 2.20. The fraction of sp³-hybridized carbons (Fsp3) is 0.273. The van der Waals surface area contributed by atoms with Gasteiger partial charge in [0, 0.05) is 0 Å². The Balaban J connectivity index is 2.44. The molecule has 0 fully saturated rings. The fourth-order valence-electron chi connectivity index (χ4n) is 2.08. The van der Waals surface area contributed by atoms with Crippen LogP contribution in [0.2, 0.25) is 5.02 Å². The van der Waals surface area contributed by atoms with E-state index in [1.807, 2.05) is 6.92 Å². The third kappa shape index (κ3) is 0.950. The molecule has 1 aromatic carbocycles. The van der Waals surface area contributed by atoms with Gasteiger partial charge in [-0.3, -0.25) is 9.59 Å². The molecular weight excluding hydrogens is 230 g/mol. The van der Waals surface area contributed by atoms with Gasteiger partial charge in [0.1, 0.15) is 5.39 Å². The molecule has 0 atom stereocenters. The Morgan fingerprint density at radius 1 is 1.44 bits per heavy atom. The number of halogens is 1. The number of benzene rings is 1. The van der Waals surface area contributed by atoms with E-state index in [4.69, 9.17) is 16.1 Å². The molecule has 0 aliphatic carbocycles. The maximum atomic E-state index is 11.7. The first-order valence-corrected chi connectivity index (χ1v) is 5.45. The summed E-state index contributed by atoms with van der Waals surface area (Å²) in [6.45, 7) is 2.02. The molecule has 0 saturated heterocycles. The Labute approximate surface area is 95.4 Å². The number of hydrogen-bond acceptors (Lipinski definition) is 3. The van der Waals surface area contributed by atoms with Gasteiger partial charge in [0.2, 0.25) is 0 Å². The molecule has 1 aromatic heterocycles. The van der Waals surface area contributed by atoms with Gasteiger partial charge in [-0.25, -0.2) is 0 Å². The van der Waals surface area contributed by atoms with Gasteiger partial charge in [-0.2, -0.15) is 0 Å². The molecule has 0 amide bonds. The Morgan fingerprint density at radius 3 is 2.81 bits per heavy atom. The van der Waals surface area contributed by atoms with Gasteiger partial charge < -0.3 is 4.52 Å². The molecule has 0 N–H and O–H groups in total. The highest BCUT2D eigenvalue weighted by Crippen LogP contribution is 2.33. The second-order valence-corrected chi connectivity index (χ2v) is 4.23. The lowest BCUT2D eigenvalue weighted by molar-refractivity contribution is 0.0855. The van der Waals surface area contributed by atoms with Gasteiger partial charge in [-0.1, -0.05) is 29.7 Å². The van der Waals surface area contributed by atoms with Crippen LogP contribution in [0.3, 0.4) is 0 Å². The maximum absolute atomic E-state index is 11.7. The highest BCUT2D eigenvalue weighted by Gasteiger charge is 2.32. The van der Waals surface area contributed by atoms with Crippen LogP contribution in [0.15, 0.2) is 15.4 Å². The van der Waals surface area contributed by atoms with E-state index in [-0.39, 0.29) is 5.91 Å². The Bertz CT molecular complexity index is 681. The van der Waals surface area contributed by atoms with Crippen LogP contribution in [0.4, 0.5) is 0 Å². The molecular formula is C11H8ClNO3. The highest BCUT2D eigenvalue weighted by molar-refractivity contribution is 6.36. The molecule has 2 bridgehead atoms. The van der Waals surface area contributed by atoms with Crippen LogP contribution in [0.5, 0.6) is 0 Å². The van der Waals surface area contributed by atoms with Crippen molar-refractivity contribution in [3.63, 3.8) is 0 Å². The van der Waals surface area contributed by atoms with Crippen LogP contribution in [-0.4, -0.2) is 10.6 Å². The average Bonchev–Trinajstić information content (AvgIpc) is 2.70. The number of nitrogens with zero attached hydrogens (tertiary/aromatic N) is 1. The molecule has 1 aliphatic rings. The van der Waals surface area contributed by atoms with Crippen molar-refractivity contribution in [2.45, 2.75) is 19.8 Å². The number of rotatable bonds is 2. The van der Waals surface area contributed by atoms with E-state index in [1.54, 1.807) is 6.07 Å². The third-order valence-electron chi connectivity index (χ3n) is 2.81. The molecule has 5 heteroatoms. The summed E-state index contributed by atoms with van der Waals surface area (Å²) in [7, 11) is 0. The topological polar surface area (TPSA) is 52.2 Å². The second-order valence-electron chi connectivity index (χ2n) is 3.85. The number of fused-ring (bicyclic) bond motifs is 1. The van der Waals surface area contributed by atoms with Gasteiger partial charge >= 0.3 is 0 Å². The summed E-state index contributed by atoms with van der Waals surface area (Å²) in [5.74, 6) is -0.387. The van der Waals surface area contributed by atoms with Crippen molar-refractivity contribution in [3.05, 3.63) is 32.6 Å². The van der Waals surface area contributed by atoms with Crippen LogP contribution >= 0.6 is 11.6 Å². The van der Waals surface area contributed by atoms with Crippen LogP contribution in [0, 0.1) is 0 Å². The van der Waals surface area contributed by atoms with Crippen molar-refractivity contribution in [1.82, 2.24) is 4.74 Å². The number of aromatic nitrogens is 1. The lowest BCUT2D eigenvalue weighted by atomic mass is 10.0. The van der Waals surface area contributed by atoms with E-state index in [2.05, 4.69) is 0 Å². The first-order valence-electron chi connectivity index (χ1n) is 5.07. The largest absolute Gasteiger partial charge is 0.366 e. The fourth-order valence-corrected chi connectivity index (χ4v) is 2.36. The molecule has 16 heavy (non-hydrogen) atoms. The molecule has 82 valence electrons. The van der Waals surface area contributed by atoms with Gasteiger partial charge in [0.25, 0.3) is 11.5 Å². The Hall–Kier alpha value is -1.55. The first kappa shape index (κ1) is 9.66. The summed E-state index contributed by atoms with van der Waals surface area (Å²) in [4.78, 5) is 23.3. The molecule has 0 spiro atoms. The molecule has 1 aliphatic heterocycles. The number of hydrogen-bond donors (Lipinski definition) is 0. The predicted molar refractivity (Wildman–Crippen MR) is 59.2 cm³/mol. The van der Waals surface area contributed by atoms with Crippen molar-refractivity contribution < 1.29 is 9.32 Å². The first-order chi connectivity index (χ1) is 7.65. The van der Waals surface area contributed by atoms with Crippen LogP contribution in [0.25, 0.3) is 11.0 Å². The Kier molecular flexibility index (Phi) is 1.80. The van der Waals surface area contributed by atoms with Gasteiger partial charge in [0.05, 0.1) is 10.6 Å². The highest BCUT2D eigenvalue weighted by atomic mass is 35.5. The van der Waals surface area contributed by atoms with E-state index >= 15 is 0 Å². The number of aryl methyl sites for hydroxylation is 1. The monoisotopic (exact) mass is 237 g/mol. The molecule has 2 aromatic rings. The zero-order valence-electron chi connectivity index (χ0n) is 8.54. The maximum Gasteiger partial charge on any atom is 0.299 e. The van der Waals surface area contributed by atoms with E-state index in [9.17, 15) is 9.59 Å². The normalized spacial score (nSPS) is 13.2. The zero-order chi connectivity index (χ0) is 11.4. The summed E-state index contributed by atoms with van der Waals surface area (Å²) < 4.78 is 5.89. The summed E-state index contributed by atoms with van der Waals surface area (Å²) in [5.41, 5.74) is 1.21. The van der Waals surface area contributed by atoms with Crippen LogP contribution < -0.4 is 5.56 Å². The summed E-state index contributed by atoms with van der Waals surface area (Å²) in [5, 5.41) is 0.763. The quantitative estimate of drug-likeness (QED) is 0.687. The van der Waals surface area contributed by atoms with E-state index in [0.29, 0.717) is 21.6 Å².